The molecule has 4 nitrogen and oxygen atoms in total. The molecule has 1 rings (SSSR count). The number of likely N-dealkylation sites (N-methyl/N-ethyl adjacent to an activating group) is 1. The Kier molecular flexibility index (Phi) is 5.59. The van der Waals surface area contributed by atoms with E-state index in [2.05, 4.69) is 5.32 Å². The topological polar surface area (TPSA) is 52.6 Å². The van der Waals surface area contributed by atoms with Crippen molar-refractivity contribution in [3.63, 3.8) is 0 Å². The van der Waals surface area contributed by atoms with Crippen molar-refractivity contribution in [1.82, 2.24) is 4.90 Å². The van der Waals surface area contributed by atoms with E-state index in [1.807, 2.05) is 0 Å². The van der Waals surface area contributed by atoms with Crippen LogP contribution in [0.25, 0.3) is 0 Å². The Balaban J connectivity index is 2.76. The highest BCUT2D eigenvalue weighted by Gasteiger charge is 2.31. The van der Waals surface area contributed by atoms with Gasteiger partial charge >= 0.3 is 6.18 Å². The van der Waals surface area contributed by atoms with Crippen LogP contribution in [0.3, 0.4) is 0 Å². The predicted octanol–water partition coefficient (Wildman–Crippen LogP) is 2.74. The SMILES string of the molecule is CC(C(=O)Nc1cccc(C(F)(F)F)c1)N(C)CC(C)(C)O. The lowest BCUT2D eigenvalue weighted by Gasteiger charge is -2.29. The summed E-state index contributed by atoms with van der Waals surface area (Å²) in [5.41, 5.74) is -1.70. The molecule has 0 aliphatic heterocycles. The van der Waals surface area contributed by atoms with Crippen LogP contribution in [0.15, 0.2) is 24.3 Å². The van der Waals surface area contributed by atoms with Gasteiger partial charge in [0.15, 0.2) is 0 Å². The Morgan fingerprint density at radius 1 is 1.36 bits per heavy atom. The molecule has 0 fully saturated rings. The van der Waals surface area contributed by atoms with E-state index in [0.29, 0.717) is 0 Å². The number of hydrogen-bond donors (Lipinski definition) is 2. The highest BCUT2D eigenvalue weighted by atomic mass is 19.4. The molecule has 0 aliphatic carbocycles. The Bertz CT molecular complexity index is 524. The first kappa shape index (κ1) is 18.4. The van der Waals surface area contributed by atoms with Gasteiger partial charge in [-0.25, -0.2) is 0 Å². The number of halogens is 3. The summed E-state index contributed by atoms with van der Waals surface area (Å²) >= 11 is 0. The van der Waals surface area contributed by atoms with Gasteiger partial charge in [0.05, 0.1) is 17.2 Å². The Morgan fingerprint density at radius 2 is 1.95 bits per heavy atom. The molecular weight excluding hydrogens is 297 g/mol. The lowest BCUT2D eigenvalue weighted by Crippen LogP contribution is -2.46. The van der Waals surface area contributed by atoms with Crippen LogP contribution >= 0.6 is 0 Å². The molecule has 0 bridgehead atoms. The number of hydrogen-bond acceptors (Lipinski definition) is 3. The molecule has 0 spiro atoms. The molecule has 0 aliphatic rings. The zero-order valence-corrected chi connectivity index (χ0v) is 13.0. The largest absolute Gasteiger partial charge is 0.416 e. The first-order valence-electron chi connectivity index (χ1n) is 6.81. The molecule has 0 radical (unpaired) electrons. The van der Waals surface area contributed by atoms with Gasteiger partial charge in [0, 0.05) is 12.2 Å². The molecule has 0 heterocycles. The quantitative estimate of drug-likeness (QED) is 0.878. The molecule has 1 unspecified atom stereocenters. The van der Waals surface area contributed by atoms with E-state index in [-0.39, 0.29) is 12.2 Å². The summed E-state index contributed by atoms with van der Waals surface area (Å²) in [4.78, 5) is 13.7. The molecule has 124 valence electrons. The molecule has 1 aromatic carbocycles. The summed E-state index contributed by atoms with van der Waals surface area (Å²) in [6, 6.07) is 3.88. The van der Waals surface area contributed by atoms with Crippen molar-refractivity contribution < 1.29 is 23.1 Å². The first-order valence-corrected chi connectivity index (χ1v) is 6.81. The van der Waals surface area contributed by atoms with Crippen LogP contribution < -0.4 is 5.32 Å². The second-order valence-electron chi connectivity index (χ2n) is 5.97. The highest BCUT2D eigenvalue weighted by Crippen LogP contribution is 2.30. The summed E-state index contributed by atoms with van der Waals surface area (Å²) in [6.45, 7) is 5.10. The molecule has 1 aromatic rings. The van der Waals surface area contributed by atoms with E-state index >= 15 is 0 Å². The lowest BCUT2D eigenvalue weighted by atomic mass is 10.1. The molecule has 0 saturated heterocycles. The Labute approximate surface area is 127 Å². The van der Waals surface area contributed by atoms with E-state index in [9.17, 15) is 23.1 Å². The van der Waals surface area contributed by atoms with Crippen molar-refractivity contribution in [3.8, 4) is 0 Å². The van der Waals surface area contributed by atoms with Crippen LogP contribution in [0.4, 0.5) is 18.9 Å². The number of benzene rings is 1. The minimum absolute atomic E-state index is 0.0864. The minimum atomic E-state index is -4.45. The first-order chi connectivity index (χ1) is 9.90. The van der Waals surface area contributed by atoms with Gasteiger partial charge in [0.2, 0.25) is 5.91 Å². The average Bonchev–Trinajstić information content (AvgIpc) is 2.35. The number of carbonyl (C=O) groups excluding carboxylic acids is 1. The number of nitrogens with zero attached hydrogens (tertiary/aromatic N) is 1. The average molecular weight is 318 g/mol. The number of rotatable bonds is 5. The third kappa shape index (κ3) is 5.65. The van der Waals surface area contributed by atoms with E-state index in [1.54, 1.807) is 32.7 Å². The Morgan fingerprint density at radius 3 is 2.45 bits per heavy atom. The second-order valence-corrected chi connectivity index (χ2v) is 5.97. The number of carbonyl (C=O) groups is 1. The van der Waals surface area contributed by atoms with Crippen LogP contribution in [0.2, 0.25) is 0 Å². The number of nitrogens with one attached hydrogen (secondary N) is 1. The van der Waals surface area contributed by atoms with Gasteiger partial charge < -0.3 is 10.4 Å². The van der Waals surface area contributed by atoms with E-state index in [4.69, 9.17) is 0 Å². The van der Waals surface area contributed by atoms with Gasteiger partial charge in [0.1, 0.15) is 0 Å². The normalized spacial score (nSPS) is 14.0. The summed E-state index contributed by atoms with van der Waals surface area (Å²) in [6.07, 6.45) is -4.45. The molecule has 2 N–H and O–H groups in total. The summed E-state index contributed by atoms with van der Waals surface area (Å²) in [5, 5.41) is 12.2. The summed E-state index contributed by atoms with van der Waals surface area (Å²) < 4.78 is 37.9. The van der Waals surface area contributed by atoms with Crippen molar-refractivity contribution in [2.24, 2.45) is 0 Å². The number of alkyl halides is 3. The molecule has 0 aromatic heterocycles. The highest BCUT2D eigenvalue weighted by molar-refractivity contribution is 5.94. The molecular formula is C15H21F3N2O2. The molecule has 22 heavy (non-hydrogen) atoms. The van der Waals surface area contributed by atoms with Crippen LogP contribution in [-0.2, 0) is 11.0 Å². The van der Waals surface area contributed by atoms with E-state index in [0.717, 1.165) is 12.1 Å². The molecule has 1 atom stereocenters. The maximum absolute atomic E-state index is 12.6. The molecule has 1 amide bonds. The van der Waals surface area contributed by atoms with Crippen LogP contribution in [0, 0.1) is 0 Å². The smallest absolute Gasteiger partial charge is 0.389 e. The van der Waals surface area contributed by atoms with E-state index in [1.165, 1.54) is 12.1 Å². The van der Waals surface area contributed by atoms with E-state index < -0.39 is 29.3 Å². The van der Waals surface area contributed by atoms with Crippen molar-refractivity contribution in [2.45, 2.75) is 38.6 Å². The maximum Gasteiger partial charge on any atom is 0.416 e. The zero-order chi connectivity index (χ0) is 17.1. The number of aliphatic hydroxyl groups is 1. The van der Waals surface area contributed by atoms with Crippen molar-refractivity contribution in [2.75, 3.05) is 18.9 Å². The predicted molar refractivity (Wildman–Crippen MR) is 78.5 cm³/mol. The van der Waals surface area contributed by atoms with Crippen LogP contribution in [0.1, 0.15) is 26.3 Å². The lowest BCUT2D eigenvalue weighted by molar-refractivity contribution is -0.137. The van der Waals surface area contributed by atoms with Gasteiger partial charge in [-0.3, -0.25) is 9.69 Å². The van der Waals surface area contributed by atoms with Gasteiger partial charge in [-0.1, -0.05) is 6.07 Å². The minimum Gasteiger partial charge on any atom is -0.389 e. The van der Waals surface area contributed by atoms with Crippen molar-refractivity contribution in [3.05, 3.63) is 29.8 Å². The van der Waals surface area contributed by atoms with Gasteiger partial charge in [0.25, 0.3) is 0 Å². The number of amides is 1. The van der Waals surface area contributed by atoms with Crippen molar-refractivity contribution >= 4 is 11.6 Å². The molecule has 7 heteroatoms. The number of anilines is 1. The van der Waals surface area contributed by atoms with Gasteiger partial charge in [-0.15, -0.1) is 0 Å². The van der Waals surface area contributed by atoms with Crippen molar-refractivity contribution in [1.29, 1.82) is 0 Å². The second kappa shape index (κ2) is 6.66. The monoisotopic (exact) mass is 318 g/mol. The maximum atomic E-state index is 12.6. The molecule has 0 saturated carbocycles. The fraction of sp³-hybridized carbons (Fsp3) is 0.533. The fourth-order valence-electron chi connectivity index (χ4n) is 1.97. The third-order valence-corrected chi connectivity index (χ3v) is 3.13. The third-order valence-electron chi connectivity index (χ3n) is 3.13. The summed E-state index contributed by atoms with van der Waals surface area (Å²) in [7, 11) is 1.66. The van der Waals surface area contributed by atoms with Crippen LogP contribution in [0.5, 0.6) is 0 Å². The van der Waals surface area contributed by atoms with Gasteiger partial charge in [-0.2, -0.15) is 13.2 Å². The standard InChI is InChI=1S/C15H21F3N2O2/c1-10(20(4)9-14(2,3)22)13(21)19-12-7-5-6-11(8-12)15(16,17)18/h5-8,10,22H,9H2,1-4H3,(H,19,21). The fourth-order valence-corrected chi connectivity index (χ4v) is 1.97. The Hall–Kier alpha value is -1.60. The van der Waals surface area contributed by atoms with Crippen LogP contribution in [-0.4, -0.2) is 41.1 Å². The van der Waals surface area contributed by atoms with Gasteiger partial charge in [-0.05, 0) is 46.0 Å². The summed E-state index contributed by atoms with van der Waals surface area (Å²) in [5.74, 6) is -0.439. The zero-order valence-electron chi connectivity index (χ0n) is 13.0.